The number of nitrogens with zero attached hydrogens (tertiary/aromatic N) is 1. The predicted octanol–water partition coefficient (Wildman–Crippen LogP) is 0.821. The minimum atomic E-state index is -0.794. The summed E-state index contributed by atoms with van der Waals surface area (Å²) in [6, 6.07) is 0. The number of hydrogen-bond acceptors (Lipinski definition) is 4. The second kappa shape index (κ2) is 5.10. The molecular formula is C5H10N2O2S. The number of carbonyl (C=O) groups is 1. The lowest BCUT2D eigenvalue weighted by Gasteiger charge is -1.95. The van der Waals surface area contributed by atoms with Crippen LogP contribution in [0.4, 0.5) is 4.79 Å². The molecule has 0 rings (SSSR count). The van der Waals surface area contributed by atoms with Crippen LogP contribution in [0, 0.1) is 0 Å². The summed E-state index contributed by atoms with van der Waals surface area (Å²) >= 11 is 1.49. The molecule has 1 amide bonds. The van der Waals surface area contributed by atoms with E-state index in [9.17, 15) is 4.79 Å². The number of carbonyl (C=O) groups excluding carboxylic acids is 1. The Balaban J connectivity index is 3.43. The minimum Gasteiger partial charge on any atom is -0.426 e. The number of nitrogens with two attached hydrogens (primary N) is 1. The Morgan fingerprint density at radius 1 is 1.80 bits per heavy atom. The van der Waals surface area contributed by atoms with Gasteiger partial charge in [0, 0.05) is 0 Å². The van der Waals surface area contributed by atoms with Crippen LogP contribution >= 0.6 is 11.8 Å². The average Bonchev–Trinajstić information content (AvgIpc) is 1.87. The van der Waals surface area contributed by atoms with E-state index >= 15 is 0 Å². The van der Waals surface area contributed by atoms with E-state index in [1.165, 1.54) is 11.8 Å². The summed E-state index contributed by atoms with van der Waals surface area (Å²) < 4.78 is 4.35. The first-order valence-corrected chi connectivity index (χ1v) is 3.86. The second-order valence-corrected chi connectivity index (χ2v) is 2.47. The predicted molar refractivity (Wildman–Crippen MR) is 42.2 cm³/mol. The number of aliphatic imine (C=N–C) groups is 1. The van der Waals surface area contributed by atoms with Crippen molar-refractivity contribution in [1.82, 2.24) is 0 Å². The fourth-order valence-corrected chi connectivity index (χ4v) is 0.433. The van der Waals surface area contributed by atoms with Crippen molar-refractivity contribution in [2.75, 3.05) is 13.0 Å². The number of amides is 1. The van der Waals surface area contributed by atoms with Crippen molar-refractivity contribution in [3.8, 4) is 0 Å². The number of thioether (sulfide) groups is 1. The first-order valence-electron chi connectivity index (χ1n) is 2.64. The molecule has 0 spiro atoms. The first-order chi connectivity index (χ1) is 4.66. The lowest BCUT2D eigenvalue weighted by atomic mass is 10.9. The summed E-state index contributed by atoms with van der Waals surface area (Å²) in [5.41, 5.74) is 4.68. The molecule has 0 aliphatic heterocycles. The van der Waals surface area contributed by atoms with Crippen LogP contribution < -0.4 is 5.73 Å². The second-order valence-electron chi connectivity index (χ2n) is 1.47. The number of primary amides is 1. The average molecular weight is 162 g/mol. The van der Waals surface area contributed by atoms with Gasteiger partial charge in [0.1, 0.15) is 0 Å². The Labute approximate surface area is 63.8 Å². The molecule has 0 aliphatic rings. The maximum absolute atomic E-state index is 9.99. The molecule has 0 atom stereocenters. The third kappa shape index (κ3) is 5.43. The lowest BCUT2D eigenvalue weighted by Crippen LogP contribution is -2.13. The van der Waals surface area contributed by atoms with E-state index < -0.39 is 6.09 Å². The molecule has 0 saturated carbocycles. The molecular weight excluding hydrogens is 152 g/mol. The molecule has 4 nitrogen and oxygen atoms in total. The van der Waals surface area contributed by atoms with Gasteiger partial charge in [-0.15, -0.1) is 11.8 Å². The van der Waals surface area contributed by atoms with Gasteiger partial charge in [0.05, 0.1) is 5.04 Å². The zero-order valence-electron chi connectivity index (χ0n) is 5.96. The number of ether oxygens (including phenoxy) is 1. The molecule has 0 unspecified atom stereocenters. The van der Waals surface area contributed by atoms with E-state index in [2.05, 4.69) is 15.5 Å². The highest BCUT2D eigenvalue weighted by molar-refractivity contribution is 8.13. The van der Waals surface area contributed by atoms with Crippen LogP contribution in [0.15, 0.2) is 4.99 Å². The van der Waals surface area contributed by atoms with E-state index in [0.717, 1.165) is 5.04 Å². The van der Waals surface area contributed by atoms with E-state index in [1.807, 2.05) is 13.2 Å². The van der Waals surface area contributed by atoms with E-state index in [1.54, 1.807) is 0 Å². The maximum atomic E-state index is 9.99. The van der Waals surface area contributed by atoms with Gasteiger partial charge < -0.3 is 10.5 Å². The standard InChI is InChI=1S/C5H10N2O2S/c1-4(10-2)7-3-9-5(6)8/h3H2,1-2H3,(H2,6,8)/b7-4+. The highest BCUT2D eigenvalue weighted by Crippen LogP contribution is 1.95. The highest BCUT2D eigenvalue weighted by atomic mass is 32.2. The molecule has 0 radical (unpaired) electrons. The van der Waals surface area contributed by atoms with Crippen LogP contribution in [0.1, 0.15) is 6.92 Å². The van der Waals surface area contributed by atoms with Crippen molar-refractivity contribution in [2.24, 2.45) is 10.7 Å². The first kappa shape index (κ1) is 9.29. The van der Waals surface area contributed by atoms with Crippen LogP contribution in [0.3, 0.4) is 0 Å². The summed E-state index contributed by atoms with van der Waals surface area (Å²) in [5.74, 6) is 0. The Hall–Kier alpha value is -0.710. The van der Waals surface area contributed by atoms with E-state index in [0.29, 0.717) is 0 Å². The van der Waals surface area contributed by atoms with Gasteiger partial charge in [-0.25, -0.2) is 9.79 Å². The fourth-order valence-electron chi connectivity index (χ4n) is 0.251. The van der Waals surface area contributed by atoms with Crippen molar-refractivity contribution in [3.63, 3.8) is 0 Å². The van der Waals surface area contributed by atoms with Gasteiger partial charge >= 0.3 is 6.09 Å². The summed E-state index contributed by atoms with van der Waals surface area (Å²) in [7, 11) is 0. The molecule has 5 heteroatoms. The van der Waals surface area contributed by atoms with Gasteiger partial charge in [-0.1, -0.05) is 0 Å². The molecule has 0 aromatic rings. The topological polar surface area (TPSA) is 64.7 Å². The molecule has 0 aromatic carbocycles. The maximum Gasteiger partial charge on any atom is 0.406 e. The van der Waals surface area contributed by atoms with E-state index in [-0.39, 0.29) is 6.73 Å². The lowest BCUT2D eigenvalue weighted by molar-refractivity contribution is 0.160. The molecule has 58 valence electrons. The van der Waals surface area contributed by atoms with Gasteiger partial charge in [-0.2, -0.15) is 0 Å². The van der Waals surface area contributed by atoms with Gasteiger partial charge in [0.15, 0.2) is 6.73 Å². The normalized spacial score (nSPS) is 11.2. The van der Waals surface area contributed by atoms with Crippen molar-refractivity contribution in [1.29, 1.82) is 0 Å². The molecule has 0 saturated heterocycles. The van der Waals surface area contributed by atoms with Crippen LogP contribution in [-0.2, 0) is 4.74 Å². The van der Waals surface area contributed by atoms with Crippen LogP contribution in [-0.4, -0.2) is 24.1 Å². The smallest absolute Gasteiger partial charge is 0.406 e. The number of hydrogen-bond donors (Lipinski definition) is 1. The summed E-state index contributed by atoms with van der Waals surface area (Å²) in [6.07, 6.45) is 1.10. The Kier molecular flexibility index (Phi) is 4.74. The van der Waals surface area contributed by atoms with Crippen molar-refractivity contribution in [2.45, 2.75) is 6.92 Å². The molecule has 10 heavy (non-hydrogen) atoms. The molecule has 0 heterocycles. The SMILES string of the molecule is CS/C(C)=N/COC(N)=O. The largest absolute Gasteiger partial charge is 0.426 e. The Morgan fingerprint density at radius 2 is 2.40 bits per heavy atom. The van der Waals surface area contributed by atoms with Gasteiger partial charge in [-0.3, -0.25) is 0 Å². The van der Waals surface area contributed by atoms with Crippen LogP contribution in [0.5, 0.6) is 0 Å². The number of rotatable bonds is 2. The highest BCUT2D eigenvalue weighted by Gasteiger charge is 1.89. The van der Waals surface area contributed by atoms with Crippen molar-refractivity contribution < 1.29 is 9.53 Å². The fraction of sp³-hybridized carbons (Fsp3) is 0.600. The quantitative estimate of drug-likeness (QED) is 0.483. The summed E-state index contributed by atoms with van der Waals surface area (Å²) in [4.78, 5) is 13.8. The van der Waals surface area contributed by atoms with Gasteiger partial charge in [-0.05, 0) is 13.2 Å². The van der Waals surface area contributed by atoms with Gasteiger partial charge in [0.2, 0.25) is 0 Å². The van der Waals surface area contributed by atoms with E-state index in [4.69, 9.17) is 0 Å². The minimum absolute atomic E-state index is 0.0159. The zero-order chi connectivity index (χ0) is 7.98. The van der Waals surface area contributed by atoms with Crippen molar-refractivity contribution in [3.05, 3.63) is 0 Å². The molecule has 0 aromatic heterocycles. The molecule has 0 bridgehead atoms. The van der Waals surface area contributed by atoms with Crippen molar-refractivity contribution >= 4 is 22.9 Å². The summed E-state index contributed by atoms with van der Waals surface area (Å²) in [6.45, 7) is 1.84. The van der Waals surface area contributed by atoms with Crippen LogP contribution in [0.25, 0.3) is 0 Å². The third-order valence-electron chi connectivity index (χ3n) is 0.789. The monoisotopic (exact) mass is 162 g/mol. The molecule has 2 N–H and O–H groups in total. The van der Waals surface area contributed by atoms with Gasteiger partial charge in [0.25, 0.3) is 0 Å². The third-order valence-corrected chi connectivity index (χ3v) is 1.51. The van der Waals surface area contributed by atoms with Crippen LogP contribution in [0.2, 0.25) is 0 Å². The Morgan fingerprint density at radius 3 is 2.80 bits per heavy atom. The zero-order valence-corrected chi connectivity index (χ0v) is 6.77. The molecule has 0 aliphatic carbocycles. The summed E-state index contributed by atoms with van der Waals surface area (Å²) in [5, 5.41) is 0.862. The molecule has 0 fully saturated rings. The Bertz CT molecular complexity index is 147.